The van der Waals surface area contributed by atoms with Crippen LogP contribution in [0.15, 0.2) is 59.1 Å². The molecule has 0 amide bonds. The first-order chi connectivity index (χ1) is 13.3. The van der Waals surface area contributed by atoms with Crippen molar-refractivity contribution in [1.29, 1.82) is 0 Å². The highest BCUT2D eigenvalue weighted by Crippen LogP contribution is 2.24. The molecule has 1 N–H and O–H groups in total. The standard InChI is InChI=1S/C23H30BrN3/c24-20-6-8-21(9-7-20)25-22-10-16-27(17-11-22)23-12-14-26(15-13-23)18-19-4-2-1-3-5-19/h1-9,22-23,25H,10-18H2. The molecule has 3 nitrogen and oxygen atoms in total. The van der Waals surface area contributed by atoms with E-state index in [-0.39, 0.29) is 0 Å². The second-order valence-electron chi connectivity index (χ2n) is 7.95. The third-order valence-corrected chi connectivity index (χ3v) is 6.60. The average Bonchev–Trinajstić information content (AvgIpc) is 2.72. The lowest BCUT2D eigenvalue weighted by molar-refractivity contribution is 0.0869. The number of hydrogen-bond acceptors (Lipinski definition) is 3. The van der Waals surface area contributed by atoms with E-state index in [1.807, 2.05) is 0 Å². The summed E-state index contributed by atoms with van der Waals surface area (Å²) in [5.41, 5.74) is 2.68. The lowest BCUT2D eigenvalue weighted by atomic mass is 9.97. The van der Waals surface area contributed by atoms with Crippen LogP contribution in [0.4, 0.5) is 5.69 Å². The predicted molar refractivity (Wildman–Crippen MR) is 117 cm³/mol. The summed E-state index contributed by atoms with van der Waals surface area (Å²) in [4.78, 5) is 5.37. The lowest BCUT2D eigenvalue weighted by Gasteiger charge is -2.42. The van der Waals surface area contributed by atoms with E-state index in [9.17, 15) is 0 Å². The minimum atomic E-state index is 0.612. The molecule has 2 aromatic carbocycles. The second-order valence-corrected chi connectivity index (χ2v) is 8.87. The van der Waals surface area contributed by atoms with Gasteiger partial charge in [0.05, 0.1) is 0 Å². The maximum Gasteiger partial charge on any atom is 0.0343 e. The maximum atomic E-state index is 3.71. The van der Waals surface area contributed by atoms with Gasteiger partial charge in [0.1, 0.15) is 0 Å². The first-order valence-corrected chi connectivity index (χ1v) is 11.1. The number of nitrogens with zero attached hydrogens (tertiary/aromatic N) is 2. The molecule has 2 aliphatic heterocycles. The number of piperidine rings is 2. The van der Waals surface area contributed by atoms with Gasteiger partial charge in [-0.15, -0.1) is 0 Å². The van der Waals surface area contributed by atoms with Crippen molar-refractivity contribution >= 4 is 21.6 Å². The van der Waals surface area contributed by atoms with E-state index in [0.29, 0.717) is 6.04 Å². The predicted octanol–water partition coefficient (Wildman–Crippen LogP) is 4.99. The van der Waals surface area contributed by atoms with Gasteiger partial charge in [-0.3, -0.25) is 4.90 Å². The highest BCUT2D eigenvalue weighted by molar-refractivity contribution is 9.10. The zero-order valence-electron chi connectivity index (χ0n) is 16.0. The molecule has 0 radical (unpaired) electrons. The van der Waals surface area contributed by atoms with Crippen molar-refractivity contribution in [2.24, 2.45) is 0 Å². The smallest absolute Gasteiger partial charge is 0.0343 e. The largest absolute Gasteiger partial charge is 0.382 e. The van der Waals surface area contributed by atoms with Crippen LogP contribution in [-0.4, -0.2) is 48.1 Å². The summed E-state index contributed by atoms with van der Waals surface area (Å²) in [5.74, 6) is 0. The minimum Gasteiger partial charge on any atom is -0.382 e. The van der Waals surface area contributed by atoms with Crippen molar-refractivity contribution in [3.8, 4) is 0 Å². The Morgan fingerprint density at radius 3 is 2.15 bits per heavy atom. The van der Waals surface area contributed by atoms with Gasteiger partial charge in [0.25, 0.3) is 0 Å². The SMILES string of the molecule is Brc1ccc(NC2CCN(C3CCN(Cc4ccccc4)CC3)CC2)cc1. The van der Waals surface area contributed by atoms with Crippen molar-refractivity contribution in [1.82, 2.24) is 9.80 Å². The molecule has 0 bridgehead atoms. The fourth-order valence-electron chi connectivity index (χ4n) is 4.47. The van der Waals surface area contributed by atoms with Gasteiger partial charge in [-0.2, -0.15) is 0 Å². The molecular formula is C23H30BrN3. The zero-order chi connectivity index (χ0) is 18.5. The van der Waals surface area contributed by atoms with Crippen LogP contribution in [0.5, 0.6) is 0 Å². The van der Waals surface area contributed by atoms with Crippen LogP contribution in [-0.2, 0) is 6.54 Å². The third-order valence-electron chi connectivity index (χ3n) is 6.07. The molecule has 2 heterocycles. The molecule has 2 saturated heterocycles. The van der Waals surface area contributed by atoms with Crippen LogP contribution < -0.4 is 5.32 Å². The Labute approximate surface area is 171 Å². The summed E-state index contributed by atoms with van der Waals surface area (Å²) in [6, 6.07) is 20.8. The van der Waals surface area contributed by atoms with E-state index in [1.54, 1.807) is 0 Å². The summed E-state index contributed by atoms with van der Waals surface area (Å²) in [5, 5.41) is 3.71. The maximum absolute atomic E-state index is 3.71. The van der Waals surface area contributed by atoms with Gasteiger partial charge in [0.2, 0.25) is 0 Å². The van der Waals surface area contributed by atoms with Crippen molar-refractivity contribution < 1.29 is 0 Å². The van der Waals surface area contributed by atoms with E-state index in [0.717, 1.165) is 17.1 Å². The van der Waals surface area contributed by atoms with E-state index >= 15 is 0 Å². The third kappa shape index (κ3) is 5.34. The molecule has 0 atom stereocenters. The number of hydrogen-bond donors (Lipinski definition) is 1. The molecule has 0 aromatic heterocycles. The number of rotatable bonds is 5. The van der Waals surface area contributed by atoms with Crippen molar-refractivity contribution in [3.05, 3.63) is 64.6 Å². The van der Waals surface area contributed by atoms with Gasteiger partial charge >= 0.3 is 0 Å². The quantitative estimate of drug-likeness (QED) is 0.724. The molecular weight excluding hydrogens is 398 g/mol. The Kier molecular flexibility index (Phi) is 6.48. The van der Waals surface area contributed by atoms with E-state index in [2.05, 4.69) is 85.6 Å². The van der Waals surface area contributed by atoms with Gasteiger partial charge < -0.3 is 10.2 Å². The first kappa shape index (κ1) is 19.0. The Bertz CT molecular complexity index is 687. The molecule has 0 unspecified atom stereocenters. The van der Waals surface area contributed by atoms with E-state index in [4.69, 9.17) is 0 Å². The molecule has 144 valence electrons. The van der Waals surface area contributed by atoms with Crippen LogP contribution in [0.2, 0.25) is 0 Å². The van der Waals surface area contributed by atoms with E-state index in [1.165, 1.54) is 63.1 Å². The fraction of sp³-hybridized carbons (Fsp3) is 0.478. The summed E-state index contributed by atoms with van der Waals surface area (Å²) >= 11 is 3.51. The van der Waals surface area contributed by atoms with Crippen LogP contribution in [0.3, 0.4) is 0 Å². The lowest BCUT2D eigenvalue weighted by Crippen LogP contribution is -2.49. The molecule has 4 heteroatoms. The number of benzene rings is 2. The zero-order valence-corrected chi connectivity index (χ0v) is 17.6. The number of likely N-dealkylation sites (tertiary alicyclic amines) is 2. The van der Waals surface area contributed by atoms with Gasteiger partial charge in [0, 0.05) is 41.9 Å². The van der Waals surface area contributed by atoms with Crippen molar-refractivity contribution in [2.75, 3.05) is 31.5 Å². The van der Waals surface area contributed by atoms with E-state index < -0.39 is 0 Å². The molecule has 2 fully saturated rings. The van der Waals surface area contributed by atoms with Gasteiger partial charge in [-0.05, 0) is 68.6 Å². The average molecular weight is 428 g/mol. The molecule has 0 saturated carbocycles. The van der Waals surface area contributed by atoms with Crippen molar-refractivity contribution in [2.45, 2.75) is 44.3 Å². The normalized spacial score (nSPS) is 20.6. The summed E-state index contributed by atoms with van der Waals surface area (Å²) in [7, 11) is 0. The van der Waals surface area contributed by atoms with Crippen LogP contribution in [0.1, 0.15) is 31.2 Å². The van der Waals surface area contributed by atoms with Gasteiger partial charge in [-0.25, -0.2) is 0 Å². The topological polar surface area (TPSA) is 18.5 Å². The van der Waals surface area contributed by atoms with Gasteiger partial charge in [-0.1, -0.05) is 46.3 Å². The summed E-state index contributed by atoms with van der Waals surface area (Å²) in [6.45, 7) is 6.04. The monoisotopic (exact) mass is 427 g/mol. The Balaban J connectivity index is 1.20. The number of halogens is 1. The molecule has 0 aliphatic carbocycles. The fourth-order valence-corrected chi connectivity index (χ4v) is 4.74. The Morgan fingerprint density at radius 2 is 1.48 bits per heavy atom. The highest BCUT2D eigenvalue weighted by atomic mass is 79.9. The highest BCUT2D eigenvalue weighted by Gasteiger charge is 2.28. The summed E-state index contributed by atoms with van der Waals surface area (Å²) in [6.07, 6.45) is 5.13. The molecule has 4 rings (SSSR count). The molecule has 27 heavy (non-hydrogen) atoms. The number of anilines is 1. The number of nitrogens with one attached hydrogen (secondary N) is 1. The van der Waals surface area contributed by atoms with Crippen molar-refractivity contribution in [3.63, 3.8) is 0 Å². The first-order valence-electron chi connectivity index (χ1n) is 10.3. The molecule has 2 aromatic rings. The molecule has 2 aliphatic rings. The van der Waals surface area contributed by atoms with Crippen LogP contribution in [0, 0.1) is 0 Å². The second kappa shape index (κ2) is 9.22. The summed E-state index contributed by atoms with van der Waals surface area (Å²) < 4.78 is 1.14. The minimum absolute atomic E-state index is 0.612. The molecule has 0 spiro atoms. The van der Waals surface area contributed by atoms with Crippen LogP contribution in [0.25, 0.3) is 0 Å². The van der Waals surface area contributed by atoms with Crippen LogP contribution >= 0.6 is 15.9 Å². The van der Waals surface area contributed by atoms with Gasteiger partial charge in [0.15, 0.2) is 0 Å². The Hall–Kier alpha value is -1.36. The Morgan fingerprint density at radius 1 is 0.815 bits per heavy atom.